The Morgan fingerprint density at radius 2 is 1.70 bits per heavy atom. The molecule has 2 heterocycles. The van der Waals surface area contributed by atoms with Crippen LogP contribution >= 0.6 is 0 Å². The lowest BCUT2D eigenvalue weighted by atomic mass is 9.78. The third-order valence-electron chi connectivity index (χ3n) is 4.32. The molecule has 0 aliphatic carbocycles. The number of fused-ring (bicyclic) bond motifs is 1. The van der Waals surface area contributed by atoms with E-state index in [1.165, 1.54) is 0 Å². The van der Waals surface area contributed by atoms with E-state index in [2.05, 4.69) is 4.98 Å². The van der Waals surface area contributed by atoms with Crippen molar-refractivity contribution in [3.05, 3.63) is 30.5 Å². The molecule has 2 aromatic rings. The van der Waals surface area contributed by atoms with Gasteiger partial charge in [-0.15, -0.1) is 0 Å². The molecule has 1 aliphatic heterocycles. The third kappa shape index (κ3) is 1.98. The fourth-order valence-corrected chi connectivity index (χ4v) is 2.31. The van der Waals surface area contributed by atoms with Gasteiger partial charge in [0.2, 0.25) is 0 Å². The van der Waals surface area contributed by atoms with Gasteiger partial charge in [0.15, 0.2) is 0 Å². The second-order valence-corrected chi connectivity index (χ2v) is 6.27. The SMILES string of the molecule is CC1(C)OB(c2ccc3nccc(N)c3c2)OC1(C)C. The van der Waals surface area contributed by atoms with Crippen molar-refractivity contribution >= 4 is 29.2 Å². The highest BCUT2D eigenvalue weighted by molar-refractivity contribution is 6.62. The van der Waals surface area contributed by atoms with Crippen LogP contribution in [0.5, 0.6) is 0 Å². The number of hydrogen-bond acceptors (Lipinski definition) is 4. The van der Waals surface area contributed by atoms with E-state index in [1.807, 2.05) is 45.9 Å². The summed E-state index contributed by atoms with van der Waals surface area (Å²) in [5.41, 5.74) is 7.89. The van der Waals surface area contributed by atoms with Crippen LogP contribution in [0, 0.1) is 0 Å². The zero-order valence-corrected chi connectivity index (χ0v) is 12.3. The molecule has 4 nitrogen and oxygen atoms in total. The second-order valence-electron chi connectivity index (χ2n) is 6.27. The second kappa shape index (κ2) is 4.20. The quantitative estimate of drug-likeness (QED) is 0.806. The molecule has 0 radical (unpaired) electrons. The smallest absolute Gasteiger partial charge is 0.399 e. The number of pyridine rings is 1. The summed E-state index contributed by atoms with van der Waals surface area (Å²) in [5.74, 6) is 0. The minimum Gasteiger partial charge on any atom is -0.399 e. The molecule has 0 atom stereocenters. The van der Waals surface area contributed by atoms with Crippen LogP contribution in [-0.4, -0.2) is 23.3 Å². The number of hydrogen-bond donors (Lipinski definition) is 1. The topological polar surface area (TPSA) is 57.4 Å². The molecule has 0 saturated carbocycles. The highest BCUT2D eigenvalue weighted by Crippen LogP contribution is 2.36. The maximum atomic E-state index is 6.06. The summed E-state index contributed by atoms with van der Waals surface area (Å²) < 4.78 is 12.1. The number of aromatic nitrogens is 1. The van der Waals surface area contributed by atoms with Gasteiger partial charge in [0, 0.05) is 17.3 Å². The van der Waals surface area contributed by atoms with Crippen molar-refractivity contribution in [2.24, 2.45) is 0 Å². The van der Waals surface area contributed by atoms with E-state index in [0.29, 0.717) is 5.69 Å². The first-order valence-electron chi connectivity index (χ1n) is 6.80. The molecule has 1 aromatic carbocycles. The van der Waals surface area contributed by atoms with Crippen LogP contribution in [0.25, 0.3) is 10.9 Å². The van der Waals surface area contributed by atoms with E-state index in [9.17, 15) is 0 Å². The summed E-state index contributed by atoms with van der Waals surface area (Å²) in [6.07, 6.45) is 1.71. The highest BCUT2D eigenvalue weighted by Gasteiger charge is 2.51. The zero-order valence-electron chi connectivity index (χ0n) is 12.3. The number of anilines is 1. The van der Waals surface area contributed by atoms with Gasteiger partial charge in [0.1, 0.15) is 0 Å². The van der Waals surface area contributed by atoms with Crippen LogP contribution in [0.2, 0.25) is 0 Å². The Balaban J connectivity index is 2.02. The normalized spacial score (nSPS) is 20.5. The number of benzene rings is 1. The summed E-state index contributed by atoms with van der Waals surface area (Å²) in [7, 11) is -0.371. The fraction of sp³-hybridized carbons (Fsp3) is 0.400. The fourth-order valence-electron chi connectivity index (χ4n) is 2.31. The number of rotatable bonds is 1. The van der Waals surface area contributed by atoms with Crippen molar-refractivity contribution in [2.45, 2.75) is 38.9 Å². The lowest BCUT2D eigenvalue weighted by Crippen LogP contribution is -2.41. The first kappa shape index (κ1) is 13.4. The van der Waals surface area contributed by atoms with Gasteiger partial charge in [-0.25, -0.2) is 0 Å². The highest BCUT2D eigenvalue weighted by atomic mass is 16.7. The van der Waals surface area contributed by atoms with Crippen molar-refractivity contribution in [2.75, 3.05) is 5.73 Å². The monoisotopic (exact) mass is 270 g/mol. The number of nitrogens with zero attached hydrogens (tertiary/aromatic N) is 1. The van der Waals surface area contributed by atoms with Crippen LogP contribution in [0.1, 0.15) is 27.7 Å². The van der Waals surface area contributed by atoms with Gasteiger partial charge in [0.25, 0.3) is 0 Å². The molecule has 0 amide bonds. The molecule has 5 heteroatoms. The summed E-state index contributed by atoms with van der Waals surface area (Å²) in [4.78, 5) is 4.31. The Hall–Kier alpha value is -1.59. The van der Waals surface area contributed by atoms with Crippen molar-refractivity contribution in [3.63, 3.8) is 0 Å². The molecule has 20 heavy (non-hydrogen) atoms. The average molecular weight is 270 g/mol. The molecular formula is C15H19BN2O2. The molecule has 0 bridgehead atoms. The Bertz CT molecular complexity index is 654. The van der Waals surface area contributed by atoms with E-state index in [-0.39, 0.29) is 18.3 Å². The lowest BCUT2D eigenvalue weighted by Gasteiger charge is -2.32. The third-order valence-corrected chi connectivity index (χ3v) is 4.32. The van der Waals surface area contributed by atoms with Crippen LogP contribution in [-0.2, 0) is 9.31 Å². The first-order chi connectivity index (χ1) is 9.30. The van der Waals surface area contributed by atoms with Gasteiger partial charge >= 0.3 is 7.12 Å². The van der Waals surface area contributed by atoms with Crippen LogP contribution in [0.3, 0.4) is 0 Å². The average Bonchev–Trinajstić information content (AvgIpc) is 2.59. The Morgan fingerprint density at radius 3 is 2.35 bits per heavy atom. The number of nitrogen functional groups attached to an aromatic ring is 1. The maximum absolute atomic E-state index is 6.06. The van der Waals surface area contributed by atoms with E-state index in [0.717, 1.165) is 16.4 Å². The van der Waals surface area contributed by atoms with Crippen molar-refractivity contribution in [3.8, 4) is 0 Å². The molecular weight excluding hydrogens is 251 g/mol. The van der Waals surface area contributed by atoms with Gasteiger partial charge in [-0.2, -0.15) is 0 Å². The molecule has 0 unspecified atom stereocenters. The van der Waals surface area contributed by atoms with E-state index in [1.54, 1.807) is 12.3 Å². The predicted octanol–water partition coefficient (Wildman–Crippen LogP) is 2.12. The largest absolute Gasteiger partial charge is 0.494 e. The summed E-state index contributed by atoms with van der Waals surface area (Å²) in [5, 5.41) is 0.930. The van der Waals surface area contributed by atoms with E-state index >= 15 is 0 Å². The Labute approximate surface area is 119 Å². The van der Waals surface area contributed by atoms with Crippen LogP contribution in [0.15, 0.2) is 30.5 Å². The molecule has 104 valence electrons. The predicted molar refractivity (Wildman–Crippen MR) is 81.9 cm³/mol. The molecule has 1 aromatic heterocycles. The standard InChI is InChI=1S/C15H19BN2O2/c1-14(2)15(3,4)20-16(19-14)10-5-6-13-11(9-10)12(17)7-8-18-13/h5-9H,1-4H3,(H2,17,18). The molecule has 3 rings (SSSR count). The van der Waals surface area contributed by atoms with Crippen molar-refractivity contribution < 1.29 is 9.31 Å². The van der Waals surface area contributed by atoms with Crippen LogP contribution < -0.4 is 11.2 Å². The van der Waals surface area contributed by atoms with E-state index in [4.69, 9.17) is 15.0 Å². The maximum Gasteiger partial charge on any atom is 0.494 e. The van der Waals surface area contributed by atoms with Crippen molar-refractivity contribution in [1.29, 1.82) is 0 Å². The molecule has 2 N–H and O–H groups in total. The Kier molecular flexibility index (Phi) is 2.82. The molecule has 1 saturated heterocycles. The van der Waals surface area contributed by atoms with Gasteiger partial charge in [0.05, 0.1) is 16.7 Å². The summed E-state index contributed by atoms with van der Waals surface area (Å²) in [6.45, 7) is 8.18. The summed E-state index contributed by atoms with van der Waals surface area (Å²) in [6, 6.07) is 7.74. The molecule has 0 spiro atoms. The molecule has 1 fully saturated rings. The van der Waals surface area contributed by atoms with Gasteiger partial charge in [-0.1, -0.05) is 12.1 Å². The summed E-state index contributed by atoms with van der Waals surface area (Å²) >= 11 is 0. The Morgan fingerprint density at radius 1 is 1.05 bits per heavy atom. The van der Waals surface area contributed by atoms with Crippen LogP contribution in [0.4, 0.5) is 5.69 Å². The number of nitrogens with two attached hydrogens (primary N) is 1. The minimum absolute atomic E-state index is 0.340. The lowest BCUT2D eigenvalue weighted by molar-refractivity contribution is 0.00578. The van der Waals surface area contributed by atoms with Gasteiger partial charge < -0.3 is 15.0 Å². The molecule has 1 aliphatic rings. The van der Waals surface area contributed by atoms with E-state index < -0.39 is 0 Å². The minimum atomic E-state index is -0.371. The first-order valence-corrected chi connectivity index (χ1v) is 6.80. The van der Waals surface area contributed by atoms with Gasteiger partial charge in [-0.05, 0) is 45.3 Å². The zero-order chi connectivity index (χ0) is 14.5. The van der Waals surface area contributed by atoms with Gasteiger partial charge in [-0.3, -0.25) is 4.98 Å². The van der Waals surface area contributed by atoms with Crippen molar-refractivity contribution in [1.82, 2.24) is 4.98 Å².